The van der Waals surface area contributed by atoms with Gasteiger partial charge in [-0.1, -0.05) is 31.9 Å². The van der Waals surface area contributed by atoms with E-state index in [4.69, 9.17) is 4.74 Å². The summed E-state index contributed by atoms with van der Waals surface area (Å²) in [5.74, 6) is -1.78. The van der Waals surface area contributed by atoms with E-state index < -0.39 is 11.8 Å². The maximum Gasteiger partial charge on any atom is 0.309 e. The highest BCUT2D eigenvalue weighted by molar-refractivity contribution is 9.12. The Morgan fingerprint density at radius 1 is 0.939 bits per heavy atom. The van der Waals surface area contributed by atoms with E-state index in [-0.39, 0.29) is 75.1 Å². The van der Waals surface area contributed by atoms with Crippen molar-refractivity contribution in [3.8, 4) is 0 Å². The standard InChI is InChI=1S/C24H24Br2FNO5/c25-20-15-9-16(21(20)26)19-18(15)22(30)28(23(19)31)14-7-3-12(4-8-14)24(32)33-10-17(29)11-1-5-13(27)6-2-11/h1-2,5-6,12,14-16,18-21H,3-4,7-10H2/t12?,14?,15-,16+,18-,19-,20-,21+/m0/s1. The lowest BCUT2D eigenvalue weighted by Gasteiger charge is -2.33. The molecule has 6 nitrogen and oxygen atoms in total. The number of nitrogens with zero attached hydrogens (tertiary/aromatic N) is 1. The number of ether oxygens (including phenoxy) is 1. The van der Waals surface area contributed by atoms with E-state index in [0.29, 0.717) is 25.7 Å². The molecule has 2 bridgehead atoms. The summed E-state index contributed by atoms with van der Waals surface area (Å²) in [5, 5.41) is 0. The lowest BCUT2D eigenvalue weighted by atomic mass is 9.81. The van der Waals surface area contributed by atoms with Crippen LogP contribution < -0.4 is 0 Å². The number of carbonyl (C=O) groups is 4. The molecule has 1 saturated heterocycles. The average Bonchev–Trinajstić information content (AvgIpc) is 3.42. The molecule has 33 heavy (non-hydrogen) atoms. The Kier molecular flexibility index (Phi) is 6.22. The van der Waals surface area contributed by atoms with Gasteiger partial charge in [0.25, 0.3) is 0 Å². The fourth-order valence-corrected chi connectivity index (χ4v) is 8.15. The average molecular weight is 585 g/mol. The second-order valence-corrected chi connectivity index (χ2v) is 11.7. The molecule has 1 aromatic carbocycles. The molecule has 0 unspecified atom stereocenters. The zero-order chi connectivity index (χ0) is 23.4. The third kappa shape index (κ3) is 3.89. The SMILES string of the molecule is O=C(COC(=O)C1CCC(N2C(=O)[C@H]3[C@@H]4C[C@@H]([C@@H](Br)[C@H]4Br)[C@@H]3C2=O)CC1)c1ccc(F)cc1. The van der Waals surface area contributed by atoms with Gasteiger partial charge in [-0.05, 0) is 68.2 Å². The molecule has 3 saturated carbocycles. The monoisotopic (exact) mass is 583 g/mol. The van der Waals surface area contributed by atoms with Crippen LogP contribution in [0.2, 0.25) is 0 Å². The number of rotatable bonds is 5. The molecule has 0 spiro atoms. The molecule has 9 heteroatoms. The maximum atomic E-state index is 13.2. The highest BCUT2D eigenvalue weighted by atomic mass is 79.9. The molecule has 2 amide bonds. The lowest BCUT2D eigenvalue weighted by Crippen LogP contribution is -2.44. The molecule has 4 fully saturated rings. The topological polar surface area (TPSA) is 80.8 Å². The number of carbonyl (C=O) groups excluding carboxylic acids is 4. The van der Waals surface area contributed by atoms with E-state index in [0.717, 1.165) is 6.42 Å². The van der Waals surface area contributed by atoms with Crippen molar-refractivity contribution in [1.82, 2.24) is 4.90 Å². The van der Waals surface area contributed by atoms with E-state index in [9.17, 15) is 23.6 Å². The number of ketones is 1. The number of alkyl halides is 2. The van der Waals surface area contributed by atoms with Crippen LogP contribution in [0.5, 0.6) is 0 Å². The minimum Gasteiger partial charge on any atom is -0.457 e. The number of halogens is 3. The first-order valence-electron chi connectivity index (χ1n) is 11.4. The molecule has 3 aliphatic carbocycles. The van der Waals surface area contributed by atoms with Crippen LogP contribution in [-0.2, 0) is 19.1 Å². The zero-order valence-electron chi connectivity index (χ0n) is 17.8. The van der Waals surface area contributed by atoms with Crippen LogP contribution in [-0.4, -0.2) is 50.8 Å². The Hall–Kier alpha value is -1.61. The fraction of sp³-hybridized carbons (Fsp3) is 0.583. The molecular weight excluding hydrogens is 561 g/mol. The van der Waals surface area contributed by atoms with E-state index in [1.54, 1.807) is 0 Å². The maximum absolute atomic E-state index is 13.2. The predicted molar refractivity (Wildman–Crippen MR) is 123 cm³/mol. The summed E-state index contributed by atoms with van der Waals surface area (Å²) in [6.45, 7) is -0.388. The number of hydrogen-bond acceptors (Lipinski definition) is 5. The minimum atomic E-state index is -0.442. The number of fused-ring (bicyclic) bond motifs is 5. The van der Waals surface area contributed by atoms with Crippen LogP contribution in [0.15, 0.2) is 24.3 Å². The highest BCUT2D eigenvalue weighted by Gasteiger charge is 2.67. The fourth-order valence-electron chi connectivity index (χ4n) is 6.28. The van der Waals surface area contributed by atoms with Gasteiger partial charge in [-0.2, -0.15) is 0 Å². The Bertz CT molecular complexity index is 961. The Balaban J connectivity index is 1.15. The zero-order valence-corrected chi connectivity index (χ0v) is 21.0. The Morgan fingerprint density at radius 2 is 1.48 bits per heavy atom. The van der Waals surface area contributed by atoms with E-state index in [1.807, 2.05) is 0 Å². The molecule has 1 aromatic rings. The Morgan fingerprint density at radius 3 is 2.03 bits per heavy atom. The van der Waals surface area contributed by atoms with Crippen molar-refractivity contribution in [3.63, 3.8) is 0 Å². The van der Waals surface area contributed by atoms with Crippen molar-refractivity contribution in [2.24, 2.45) is 29.6 Å². The van der Waals surface area contributed by atoms with Gasteiger partial charge in [0, 0.05) is 21.3 Å². The van der Waals surface area contributed by atoms with Gasteiger partial charge < -0.3 is 4.74 Å². The largest absolute Gasteiger partial charge is 0.457 e. The van der Waals surface area contributed by atoms with Gasteiger partial charge in [0.05, 0.1) is 17.8 Å². The third-order valence-corrected chi connectivity index (χ3v) is 11.1. The summed E-state index contributed by atoms with van der Waals surface area (Å²) >= 11 is 7.41. The van der Waals surface area contributed by atoms with Gasteiger partial charge in [0.2, 0.25) is 11.8 Å². The minimum absolute atomic E-state index is 0.0442. The molecule has 4 aliphatic rings. The number of amides is 2. The lowest BCUT2D eigenvalue weighted by molar-refractivity contribution is -0.149. The summed E-state index contributed by atoms with van der Waals surface area (Å²) in [4.78, 5) is 53.0. The molecule has 1 heterocycles. The van der Waals surface area contributed by atoms with E-state index in [2.05, 4.69) is 31.9 Å². The summed E-state index contributed by atoms with van der Waals surface area (Å²) in [6, 6.07) is 4.91. The van der Waals surface area contributed by atoms with E-state index in [1.165, 1.54) is 29.2 Å². The number of hydrogen-bond donors (Lipinski definition) is 0. The molecule has 0 radical (unpaired) electrons. The first-order valence-corrected chi connectivity index (χ1v) is 13.2. The molecule has 5 rings (SSSR count). The van der Waals surface area contributed by atoms with E-state index >= 15 is 0 Å². The number of esters is 1. The Labute approximate surface area is 207 Å². The highest BCUT2D eigenvalue weighted by Crippen LogP contribution is 2.60. The molecule has 176 valence electrons. The van der Waals surface area contributed by atoms with Gasteiger partial charge in [0.1, 0.15) is 5.82 Å². The number of likely N-dealkylation sites (tertiary alicyclic amines) is 1. The molecule has 0 N–H and O–H groups in total. The first-order chi connectivity index (χ1) is 15.8. The van der Waals surface area contributed by atoms with Gasteiger partial charge in [-0.25, -0.2) is 4.39 Å². The summed E-state index contributed by atoms with van der Waals surface area (Å²) in [6.07, 6.45) is 3.05. The van der Waals surface area contributed by atoms with Gasteiger partial charge >= 0.3 is 5.97 Å². The predicted octanol–water partition coefficient (Wildman–Crippen LogP) is 3.89. The molecular formula is C24H24Br2FNO5. The first kappa shape index (κ1) is 23.1. The van der Waals surface area contributed by atoms with Gasteiger partial charge in [-0.15, -0.1) is 0 Å². The second-order valence-electron chi connectivity index (χ2n) is 9.59. The summed E-state index contributed by atoms with van der Waals surface area (Å²) in [5.41, 5.74) is 0.287. The second kappa shape index (κ2) is 8.87. The van der Waals surface area contributed by atoms with Crippen LogP contribution in [0.25, 0.3) is 0 Å². The molecule has 6 atom stereocenters. The van der Waals surface area contributed by atoms with Crippen molar-refractivity contribution < 1.29 is 28.3 Å². The van der Waals surface area contributed by atoms with Crippen LogP contribution in [0, 0.1) is 35.4 Å². The van der Waals surface area contributed by atoms with Gasteiger partial charge in [0.15, 0.2) is 12.4 Å². The number of benzene rings is 1. The molecule has 0 aromatic heterocycles. The normalized spacial score (nSPS) is 37.4. The van der Waals surface area contributed by atoms with Gasteiger partial charge in [-0.3, -0.25) is 24.1 Å². The number of imide groups is 1. The van der Waals surface area contributed by atoms with Crippen molar-refractivity contribution in [1.29, 1.82) is 0 Å². The summed E-state index contributed by atoms with van der Waals surface area (Å²) < 4.78 is 18.2. The van der Waals surface area contributed by atoms with Crippen LogP contribution in [0.1, 0.15) is 42.5 Å². The van der Waals surface area contributed by atoms with Crippen molar-refractivity contribution >= 4 is 55.4 Å². The third-order valence-electron chi connectivity index (χ3n) is 7.93. The van der Waals surface area contributed by atoms with Crippen LogP contribution in [0.4, 0.5) is 4.39 Å². The molecule has 1 aliphatic heterocycles. The van der Waals surface area contributed by atoms with Crippen molar-refractivity contribution in [2.75, 3.05) is 6.61 Å². The van der Waals surface area contributed by atoms with Crippen LogP contribution in [0.3, 0.4) is 0 Å². The van der Waals surface area contributed by atoms with Crippen LogP contribution >= 0.6 is 31.9 Å². The smallest absolute Gasteiger partial charge is 0.309 e. The quantitative estimate of drug-likeness (QED) is 0.227. The number of Topliss-reactive ketones (excluding diaryl/α,β-unsaturated/α-hetero) is 1. The summed E-state index contributed by atoms with van der Waals surface area (Å²) in [7, 11) is 0. The van der Waals surface area contributed by atoms with Crippen molar-refractivity contribution in [3.05, 3.63) is 35.6 Å². The van der Waals surface area contributed by atoms with Crippen molar-refractivity contribution in [2.45, 2.75) is 47.8 Å².